The van der Waals surface area contributed by atoms with Crippen molar-refractivity contribution in [2.45, 2.75) is 20.3 Å². The maximum absolute atomic E-state index is 13.5. The van der Waals surface area contributed by atoms with Crippen LogP contribution in [0.25, 0.3) is 0 Å². The van der Waals surface area contributed by atoms with Gasteiger partial charge in [-0.3, -0.25) is 4.79 Å². The Morgan fingerprint density at radius 2 is 1.80 bits per heavy atom. The van der Waals surface area contributed by atoms with E-state index >= 15 is 0 Å². The number of aromatic nitrogens is 2. The van der Waals surface area contributed by atoms with Crippen LogP contribution in [0.4, 0.5) is 20.4 Å². The van der Waals surface area contributed by atoms with Crippen molar-refractivity contribution in [1.82, 2.24) is 15.3 Å². The molecule has 0 saturated heterocycles. The zero-order valence-corrected chi connectivity index (χ0v) is 14.2. The lowest BCUT2D eigenvalue weighted by atomic mass is 10.1. The number of hydrogen-bond donors (Lipinski definition) is 3. The minimum absolute atomic E-state index is 0.136. The predicted octanol–water partition coefficient (Wildman–Crippen LogP) is 2.27. The van der Waals surface area contributed by atoms with Crippen LogP contribution in [0.2, 0.25) is 0 Å². The Morgan fingerprint density at radius 3 is 2.48 bits per heavy atom. The molecule has 0 saturated carbocycles. The summed E-state index contributed by atoms with van der Waals surface area (Å²) in [6.07, 6.45) is -0.136. The second-order valence-corrected chi connectivity index (χ2v) is 5.41. The van der Waals surface area contributed by atoms with Gasteiger partial charge >= 0.3 is 0 Å². The number of benzene rings is 1. The van der Waals surface area contributed by atoms with Crippen molar-refractivity contribution in [3.63, 3.8) is 0 Å². The monoisotopic (exact) mass is 349 g/mol. The van der Waals surface area contributed by atoms with Gasteiger partial charge in [0.2, 0.25) is 5.91 Å². The number of nitrogens with one attached hydrogen (secondary N) is 3. The van der Waals surface area contributed by atoms with Crippen LogP contribution in [0.1, 0.15) is 18.3 Å². The Balaban J connectivity index is 1.78. The van der Waals surface area contributed by atoms with E-state index in [0.717, 1.165) is 24.5 Å². The van der Waals surface area contributed by atoms with E-state index in [1.807, 2.05) is 6.92 Å². The number of anilines is 2. The number of rotatable bonds is 8. The molecule has 0 bridgehead atoms. The molecule has 2 rings (SSSR count). The first-order chi connectivity index (χ1) is 12.0. The van der Waals surface area contributed by atoms with Crippen molar-refractivity contribution in [2.75, 3.05) is 30.3 Å². The van der Waals surface area contributed by atoms with Gasteiger partial charge in [-0.05, 0) is 25.5 Å². The highest BCUT2D eigenvalue weighted by atomic mass is 19.1. The van der Waals surface area contributed by atoms with Gasteiger partial charge < -0.3 is 16.0 Å². The molecule has 25 heavy (non-hydrogen) atoms. The average Bonchev–Trinajstić information content (AvgIpc) is 2.54. The van der Waals surface area contributed by atoms with E-state index < -0.39 is 11.6 Å². The molecular formula is C17H21F2N5O. The topological polar surface area (TPSA) is 78.9 Å². The Bertz CT molecular complexity index is 739. The Kier molecular flexibility index (Phi) is 6.62. The number of halogens is 2. The molecule has 0 atom stereocenters. The van der Waals surface area contributed by atoms with Crippen LogP contribution in [0.3, 0.4) is 0 Å². The number of hydrogen-bond acceptors (Lipinski definition) is 5. The van der Waals surface area contributed by atoms with Crippen LogP contribution in [0, 0.1) is 18.6 Å². The van der Waals surface area contributed by atoms with Crippen LogP contribution in [0.5, 0.6) is 0 Å². The molecule has 1 aromatic carbocycles. The molecule has 0 unspecified atom stereocenters. The zero-order chi connectivity index (χ0) is 18.2. The maximum Gasteiger partial charge on any atom is 0.224 e. The highest BCUT2D eigenvalue weighted by Crippen LogP contribution is 2.11. The summed E-state index contributed by atoms with van der Waals surface area (Å²) in [5.74, 6) is 0.301. The Hall–Kier alpha value is -2.77. The standard InChI is InChI=1S/C17H21F2N5O/c1-3-20-15-10-16(24-11(2)23-15)21-6-7-22-17(25)8-12-4-5-13(18)9-14(12)19/h4-5,9-10H,3,6-8H2,1-2H3,(H,22,25)(H2,20,21,23,24). The Labute approximate surface area is 145 Å². The molecule has 6 nitrogen and oxygen atoms in total. The third-order valence-electron chi connectivity index (χ3n) is 3.32. The van der Waals surface area contributed by atoms with Crippen LogP contribution >= 0.6 is 0 Å². The molecule has 1 aromatic heterocycles. The van der Waals surface area contributed by atoms with Crippen molar-refractivity contribution < 1.29 is 13.6 Å². The maximum atomic E-state index is 13.5. The third kappa shape index (κ3) is 5.98. The van der Waals surface area contributed by atoms with E-state index in [0.29, 0.717) is 24.7 Å². The van der Waals surface area contributed by atoms with Gasteiger partial charge in [0.05, 0.1) is 6.42 Å². The molecule has 0 aliphatic carbocycles. The summed E-state index contributed by atoms with van der Waals surface area (Å²) in [5, 5.41) is 8.88. The molecule has 0 radical (unpaired) electrons. The van der Waals surface area contributed by atoms with Gasteiger partial charge in [0.15, 0.2) is 0 Å². The van der Waals surface area contributed by atoms with Gasteiger partial charge in [0, 0.05) is 31.8 Å². The number of nitrogens with zero attached hydrogens (tertiary/aromatic N) is 2. The number of aryl methyl sites for hydroxylation is 1. The molecule has 0 aliphatic rings. The summed E-state index contributed by atoms with van der Waals surface area (Å²) < 4.78 is 26.3. The molecule has 0 fully saturated rings. The summed E-state index contributed by atoms with van der Waals surface area (Å²) in [5.41, 5.74) is 0.161. The van der Waals surface area contributed by atoms with Gasteiger partial charge in [-0.1, -0.05) is 6.07 Å². The molecule has 3 N–H and O–H groups in total. The van der Waals surface area contributed by atoms with Crippen LogP contribution < -0.4 is 16.0 Å². The van der Waals surface area contributed by atoms with Crippen LogP contribution in [-0.4, -0.2) is 35.5 Å². The van der Waals surface area contributed by atoms with Gasteiger partial charge in [0.1, 0.15) is 29.1 Å². The molecule has 1 heterocycles. The lowest BCUT2D eigenvalue weighted by Gasteiger charge is -2.10. The SMILES string of the molecule is CCNc1cc(NCCNC(=O)Cc2ccc(F)cc2F)nc(C)n1. The molecule has 8 heteroatoms. The first kappa shape index (κ1) is 18.6. The van der Waals surface area contributed by atoms with Crippen LogP contribution in [0.15, 0.2) is 24.3 Å². The lowest BCUT2D eigenvalue weighted by Crippen LogP contribution is -2.30. The zero-order valence-electron chi connectivity index (χ0n) is 14.2. The molecule has 134 valence electrons. The van der Waals surface area contributed by atoms with Gasteiger partial charge in [-0.15, -0.1) is 0 Å². The van der Waals surface area contributed by atoms with Crippen molar-refractivity contribution >= 4 is 17.5 Å². The summed E-state index contributed by atoms with van der Waals surface area (Å²) in [6.45, 7) is 5.34. The second kappa shape index (κ2) is 8.91. The number of carbonyl (C=O) groups excluding carboxylic acids is 1. The van der Waals surface area contributed by atoms with Crippen molar-refractivity contribution in [2.24, 2.45) is 0 Å². The first-order valence-electron chi connectivity index (χ1n) is 8.02. The van der Waals surface area contributed by atoms with Crippen LogP contribution in [-0.2, 0) is 11.2 Å². The minimum atomic E-state index is -0.722. The van der Waals surface area contributed by atoms with Crippen molar-refractivity contribution in [3.8, 4) is 0 Å². The van der Waals surface area contributed by atoms with E-state index in [-0.39, 0.29) is 17.9 Å². The fourth-order valence-corrected chi connectivity index (χ4v) is 2.22. The van der Waals surface area contributed by atoms with E-state index in [4.69, 9.17) is 0 Å². The first-order valence-corrected chi connectivity index (χ1v) is 8.02. The number of amides is 1. The molecule has 2 aromatic rings. The Morgan fingerprint density at radius 1 is 1.08 bits per heavy atom. The fourth-order valence-electron chi connectivity index (χ4n) is 2.22. The highest BCUT2D eigenvalue weighted by molar-refractivity contribution is 5.78. The summed E-state index contributed by atoms with van der Waals surface area (Å²) in [7, 11) is 0. The van der Waals surface area contributed by atoms with Crippen molar-refractivity contribution in [3.05, 3.63) is 47.3 Å². The van der Waals surface area contributed by atoms with Gasteiger partial charge in [-0.2, -0.15) is 0 Å². The lowest BCUT2D eigenvalue weighted by molar-refractivity contribution is -0.120. The van der Waals surface area contributed by atoms with E-state index in [2.05, 4.69) is 25.9 Å². The summed E-state index contributed by atoms with van der Waals surface area (Å²) >= 11 is 0. The van der Waals surface area contributed by atoms with E-state index in [1.165, 1.54) is 6.07 Å². The summed E-state index contributed by atoms with van der Waals surface area (Å²) in [6, 6.07) is 4.96. The van der Waals surface area contributed by atoms with Gasteiger partial charge in [-0.25, -0.2) is 18.7 Å². The molecule has 1 amide bonds. The normalized spacial score (nSPS) is 10.4. The molecule has 0 spiro atoms. The second-order valence-electron chi connectivity index (χ2n) is 5.41. The quantitative estimate of drug-likeness (QED) is 0.637. The van der Waals surface area contributed by atoms with E-state index in [9.17, 15) is 13.6 Å². The van der Waals surface area contributed by atoms with Gasteiger partial charge in [0.25, 0.3) is 0 Å². The fraction of sp³-hybridized carbons (Fsp3) is 0.353. The predicted molar refractivity (Wildman–Crippen MR) is 92.5 cm³/mol. The molecular weight excluding hydrogens is 328 g/mol. The summed E-state index contributed by atoms with van der Waals surface area (Å²) in [4.78, 5) is 20.3. The van der Waals surface area contributed by atoms with E-state index in [1.54, 1.807) is 13.0 Å². The average molecular weight is 349 g/mol. The highest BCUT2D eigenvalue weighted by Gasteiger charge is 2.09. The smallest absolute Gasteiger partial charge is 0.224 e. The number of carbonyl (C=O) groups is 1. The largest absolute Gasteiger partial charge is 0.370 e. The third-order valence-corrected chi connectivity index (χ3v) is 3.32. The minimum Gasteiger partial charge on any atom is -0.370 e. The van der Waals surface area contributed by atoms with Crippen molar-refractivity contribution in [1.29, 1.82) is 0 Å². The molecule has 0 aliphatic heterocycles.